The molecule has 1 aliphatic heterocycles. The summed E-state index contributed by atoms with van der Waals surface area (Å²) in [5, 5.41) is 57.1. The van der Waals surface area contributed by atoms with E-state index in [2.05, 4.69) is 62.5 Å². The fourth-order valence-corrected chi connectivity index (χ4v) is 10.4. The van der Waals surface area contributed by atoms with Crippen molar-refractivity contribution in [2.75, 3.05) is 13.2 Å². The highest BCUT2D eigenvalue weighted by Gasteiger charge is 2.47. The third-order valence-corrected chi connectivity index (χ3v) is 15.7. The first-order valence-corrected chi connectivity index (χ1v) is 33.4. The molecule has 8 atom stereocenters. The predicted molar refractivity (Wildman–Crippen MR) is 329 cm³/mol. The van der Waals surface area contributed by atoms with E-state index in [1.807, 2.05) is 6.08 Å². The molecule has 1 amide bonds. The highest BCUT2D eigenvalue weighted by atomic mass is 16.7. The van der Waals surface area contributed by atoms with Crippen LogP contribution in [0.15, 0.2) is 48.6 Å². The number of hydrogen-bond acceptors (Lipinski definition) is 10. The highest BCUT2D eigenvalue weighted by molar-refractivity contribution is 5.80. The van der Waals surface area contributed by atoms with Crippen molar-refractivity contribution in [3.05, 3.63) is 48.6 Å². The normalized spacial score (nSPS) is 19.1. The van der Waals surface area contributed by atoms with E-state index in [4.69, 9.17) is 14.2 Å². The van der Waals surface area contributed by atoms with Crippen molar-refractivity contribution in [3.63, 3.8) is 0 Å². The second-order valence-electron chi connectivity index (χ2n) is 23.2. The Morgan fingerprint density at radius 2 is 0.873 bits per heavy atom. The summed E-state index contributed by atoms with van der Waals surface area (Å²) >= 11 is 0. The van der Waals surface area contributed by atoms with Crippen LogP contribution >= 0.6 is 0 Å². The summed E-state index contributed by atoms with van der Waals surface area (Å²) < 4.78 is 17.7. The van der Waals surface area contributed by atoms with Crippen LogP contribution in [0.5, 0.6) is 0 Å². The van der Waals surface area contributed by atoms with E-state index >= 15 is 0 Å². The van der Waals surface area contributed by atoms with Gasteiger partial charge in [0, 0.05) is 6.42 Å². The summed E-state index contributed by atoms with van der Waals surface area (Å²) in [4.78, 5) is 26.6. The van der Waals surface area contributed by atoms with Crippen LogP contribution in [-0.2, 0) is 23.8 Å². The van der Waals surface area contributed by atoms with Gasteiger partial charge in [-0.05, 0) is 64.2 Å². The number of carbonyl (C=O) groups is 2. The van der Waals surface area contributed by atoms with Crippen LogP contribution in [0.4, 0.5) is 0 Å². The molecule has 6 N–H and O–H groups in total. The quantitative estimate of drug-likeness (QED) is 0.0195. The molecule has 0 aromatic rings. The van der Waals surface area contributed by atoms with Crippen LogP contribution in [-0.4, -0.2) is 99.6 Å². The average molecular weight is 1120 g/mol. The van der Waals surface area contributed by atoms with Gasteiger partial charge < -0.3 is 45.1 Å². The summed E-state index contributed by atoms with van der Waals surface area (Å²) in [7, 11) is 0. The largest absolute Gasteiger partial charge is 0.454 e. The second-order valence-corrected chi connectivity index (χ2v) is 23.2. The van der Waals surface area contributed by atoms with Crippen LogP contribution in [0.1, 0.15) is 310 Å². The molecule has 0 aromatic heterocycles. The number of unbranched alkanes of at least 4 members (excludes halogenated alkanes) is 37. The molecule has 0 spiro atoms. The summed E-state index contributed by atoms with van der Waals surface area (Å²) in [6.07, 6.45) is 58.6. The zero-order valence-corrected chi connectivity index (χ0v) is 51.2. The molecular formula is C68H125NO10. The van der Waals surface area contributed by atoms with Crippen LogP contribution in [0.2, 0.25) is 0 Å². The number of allylic oxidation sites excluding steroid dienone is 7. The zero-order valence-electron chi connectivity index (χ0n) is 51.2. The number of carbonyl (C=O) groups excluding carboxylic acids is 2. The maximum absolute atomic E-state index is 13.4. The molecule has 462 valence electrons. The standard InChI is InChI=1S/C68H125NO10/c1-4-7-10-13-16-19-22-24-26-28-30-31-32-34-36-38-41-44-47-50-53-56-63(73)79-66-65(75)64(74)62(57-70)78-68(66)77-58-59(60(71)54-51-48-45-42-39-21-18-15-12-9-6-3)69-67(76)61(72)55-52-49-46-43-40-37-35-33-29-27-25-23-20-17-14-11-8-5-2/h17,20,25,27,33,35,51,54,59-62,64-66,68,70-72,74-75H,4-16,18-19,21-24,26,28-32,34,36-50,52-53,55-58H2,1-3H3,(H,69,76)/b20-17-,27-25-,35-33-,54-51+. The van der Waals surface area contributed by atoms with Crippen molar-refractivity contribution in [3.8, 4) is 0 Å². The van der Waals surface area contributed by atoms with Crippen molar-refractivity contribution in [1.82, 2.24) is 5.32 Å². The van der Waals surface area contributed by atoms with Crippen LogP contribution in [0.3, 0.4) is 0 Å². The lowest BCUT2D eigenvalue weighted by molar-refractivity contribution is -0.305. The van der Waals surface area contributed by atoms with Crippen molar-refractivity contribution in [1.29, 1.82) is 0 Å². The van der Waals surface area contributed by atoms with Gasteiger partial charge in [-0.15, -0.1) is 0 Å². The van der Waals surface area contributed by atoms with E-state index in [0.717, 1.165) is 83.5 Å². The molecule has 0 aliphatic carbocycles. The van der Waals surface area contributed by atoms with Gasteiger partial charge >= 0.3 is 5.97 Å². The third-order valence-electron chi connectivity index (χ3n) is 15.7. The molecule has 79 heavy (non-hydrogen) atoms. The smallest absolute Gasteiger partial charge is 0.306 e. The summed E-state index contributed by atoms with van der Waals surface area (Å²) in [5.74, 6) is -1.20. The molecule has 0 radical (unpaired) electrons. The Labute approximate surface area is 485 Å². The molecule has 1 fully saturated rings. The van der Waals surface area contributed by atoms with Gasteiger partial charge in [-0.2, -0.15) is 0 Å². The maximum Gasteiger partial charge on any atom is 0.306 e. The predicted octanol–water partition coefficient (Wildman–Crippen LogP) is 16.4. The Balaban J connectivity index is 2.61. The van der Waals surface area contributed by atoms with E-state index < -0.39 is 67.4 Å². The first-order chi connectivity index (χ1) is 38.7. The molecule has 1 aliphatic rings. The SMILES string of the molecule is CCCCC/C=C\C/C=C\C/C=C\CCCCCCCC(O)C(=O)NC(COC1OC(CO)C(O)C(O)C1OC(=O)CCCCCCCCCCCCCCCCCCCCCCC)C(O)/C=C/CCCCCCCCCCC. The Morgan fingerprint density at radius 3 is 1.33 bits per heavy atom. The molecule has 0 saturated carbocycles. The van der Waals surface area contributed by atoms with Gasteiger partial charge in [0.2, 0.25) is 5.91 Å². The first kappa shape index (κ1) is 74.6. The molecule has 1 heterocycles. The molecule has 11 heteroatoms. The Kier molecular flexibility index (Phi) is 53.0. The van der Waals surface area contributed by atoms with E-state index in [1.54, 1.807) is 6.08 Å². The van der Waals surface area contributed by atoms with Gasteiger partial charge in [0.1, 0.15) is 24.4 Å². The number of aliphatic hydroxyl groups excluding tert-OH is 5. The zero-order chi connectivity index (χ0) is 57.5. The van der Waals surface area contributed by atoms with Crippen molar-refractivity contribution in [2.24, 2.45) is 0 Å². The van der Waals surface area contributed by atoms with Crippen molar-refractivity contribution in [2.45, 2.75) is 359 Å². The average Bonchev–Trinajstić information content (AvgIpc) is 3.45. The first-order valence-electron chi connectivity index (χ1n) is 33.4. The lowest BCUT2D eigenvalue weighted by Crippen LogP contribution is -2.61. The van der Waals surface area contributed by atoms with Gasteiger partial charge in [0.05, 0.1) is 25.4 Å². The van der Waals surface area contributed by atoms with Gasteiger partial charge in [0.25, 0.3) is 0 Å². The number of aliphatic hydroxyl groups is 5. The Morgan fingerprint density at radius 1 is 0.494 bits per heavy atom. The maximum atomic E-state index is 13.4. The number of amides is 1. The Bertz CT molecular complexity index is 1470. The fourth-order valence-electron chi connectivity index (χ4n) is 10.4. The van der Waals surface area contributed by atoms with Crippen LogP contribution < -0.4 is 5.32 Å². The molecule has 8 unspecified atom stereocenters. The fraction of sp³-hybridized carbons (Fsp3) is 0.853. The van der Waals surface area contributed by atoms with Gasteiger partial charge in [-0.25, -0.2) is 0 Å². The lowest BCUT2D eigenvalue weighted by atomic mass is 9.99. The molecule has 0 aromatic carbocycles. The Hall–Kier alpha value is -2.38. The number of hydrogen-bond donors (Lipinski definition) is 6. The number of rotatable bonds is 57. The van der Waals surface area contributed by atoms with Crippen molar-refractivity contribution < 1.29 is 49.3 Å². The van der Waals surface area contributed by atoms with Gasteiger partial charge in [0.15, 0.2) is 12.4 Å². The number of nitrogens with one attached hydrogen (secondary N) is 1. The van der Waals surface area contributed by atoms with Crippen LogP contribution in [0.25, 0.3) is 0 Å². The van der Waals surface area contributed by atoms with E-state index in [-0.39, 0.29) is 19.4 Å². The molecule has 1 saturated heterocycles. The molecule has 0 bridgehead atoms. The summed E-state index contributed by atoms with van der Waals surface area (Å²) in [5.41, 5.74) is 0. The minimum atomic E-state index is -1.61. The number of ether oxygens (including phenoxy) is 3. The van der Waals surface area contributed by atoms with Crippen molar-refractivity contribution >= 4 is 11.9 Å². The van der Waals surface area contributed by atoms with E-state index in [0.29, 0.717) is 12.8 Å². The third kappa shape index (κ3) is 43.9. The minimum absolute atomic E-state index is 0.126. The van der Waals surface area contributed by atoms with Gasteiger partial charge in [-0.3, -0.25) is 9.59 Å². The second kappa shape index (κ2) is 56.1. The number of esters is 1. The van der Waals surface area contributed by atoms with E-state index in [9.17, 15) is 35.1 Å². The molecule has 11 nitrogen and oxygen atoms in total. The van der Waals surface area contributed by atoms with E-state index in [1.165, 1.54) is 180 Å². The lowest BCUT2D eigenvalue weighted by Gasteiger charge is -2.41. The topological polar surface area (TPSA) is 175 Å². The minimum Gasteiger partial charge on any atom is -0.454 e. The van der Waals surface area contributed by atoms with Gasteiger partial charge in [-0.1, -0.05) is 288 Å². The summed E-state index contributed by atoms with van der Waals surface area (Å²) in [6.45, 7) is 5.78. The monoisotopic (exact) mass is 1120 g/mol. The molecule has 1 rings (SSSR count). The molecular weight excluding hydrogens is 991 g/mol. The summed E-state index contributed by atoms with van der Waals surface area (Å²) in [6, 6.07) is -1.03. The van der Waals surface area contributed by atoms with Crippen LogP contribution in [0, 0.1) is 0 Å². The highest BCUT2D eigenvalue weighted by Crippen LogP contribution is 2.26.